The molecule has 0 saturated carbocycles. The molecule has 2 aromatic carbocycles. The van der Waals surface area contributed by atoms with Crippen molar-refractivity contribution >= 4 is 39.5 Å². The largest absolute Gasteiger partial charge is 0.338 e. The smallest absolute Gasteiger partial charge is 0.253 e. The third-order valence-electron chi connectivity index (χ3n) is 5.85. The topological polar surface area (TPSA) is 40.6 Å². The van der Waals surface area contributed by atoms with Crippen LogP contribution in [0.4, 0.5) is 0 Å². The highest BCUT2D eigenvalue weighted by molar-refractivity contribution is 9.10. The van der Waals surface area contributed by atoms with Crippen LogP contribution in [-0.2, 0) is 11.2 Å². The highest BCUT2D eigenvalue weighted by atomic mass is 79.9. The van der Waals surface area contributed by atoms with Crippen molar-refractivity contribution in [2.24, 2.45) is 0 Å². The van der Waals surface area contributed by atoms with Crippen molar-refractivity contribution in [1.29, 1.82) is 0 Å². The third kappa shape index (κ3) is 4.53. The molecule has 2 aromatic rings. The van der Waals surface area contributed by atoms with Gasteiger partial charge in [0.25, 0.3) is 5.91 Å². The summed E-state index contributed by atoms with van der Waals surface area (Å²) in [7, 11) is 0. The highest BCUT2D eigenvalue weighted by Gasteiger charge is 2.46. The molecule has 0 aromatic heterocycles. The number of benzene rings is 2. The van der Waals surface area contributed by atoms with E-state index in [-0.39, 0.29) is 16.7 Å². The lowest BCUT2D eigenvalue weighted by Gasteiger charge is -2.44. The van der Waals surface area contributed by atoms with E-state index in [9.17, 15) is 9.59 Å². The first-order chi connectivity index (χ1) is 14.1. The summed E-state index contributed by atoms with van der Waals surface area (Å²) in [6.45, 7) is 2.21. The van der Waals surface area contributed by atoms with Gasteiger partial charge in [0.15, 0.2) is 0 Å². The molecule has 1 spiro atoms. The number of hydrogen-bond donors (Lipinski definition) is 0. The van der Waals surface area contributed by atoms with Crippen LogP contribution >= 0.6 is 27.7 Å². The number of carbonyl (C=O) groups is 2. The van der Waals surface area contributed by atoms with Gasteiger partial charge in [-0.25, -0.2) is 0 Å². The van der Waals surface area contributed by atoms with E-state index in [0.29, 0.717) is 25.1 Å². The van der Waals surface area contributed by atoms with Crippen LogP contribution < -0.4 is 0 Å². The maximum Gasteiger partial charge on any atom is 0.253 e. The molecule has 0 radical (unpaired) electrons. The Balaban J connectivity index is 1.37. The SMILES string of the molecule is O=C(c1cccc(Br)c1)N1CCC2(CC1)SCCN2C(=O)CCc1ccccc1. The van der Waals surface area contributed by atoms with Crippen molar-refractivity contribution in [1.82, 2.24) is 9.80 Å². The molecule has 0 unspecified atom stereocenters. The van der Waals surface area contributed by atoms with E-state index in [1.807, 2.05) is 59.1 Å². The number of aryl methyl sites for hydroxylation is 1. The summed E-state index contributed by atoms with van der Waals surface area (Å²) in [5.41, 5.74) is 1.92. The van der Waals surface area contributed by atoms with E-state index in [0.717, 1.165) is 36.0 Å². The molecular weight excluding hydrogens is 448 g/mol. The van der Waals surface area contributed by atoms with E-state index >= 15 is 0 Å². The molecule has 2 saturated heterocycles. The number of nitrogens with zero attached hydrogens (tertiary/aromatic N) is 2. The quantitative estimate of drug-likeness (QED) is 0.653. The molecule has 4 rings (SSSR count). The van der Waals surface area contributed by atoms with Gasteiger partial charge in [0.05, 0.1) is 4.87 Å². The predicted octanol–water partition coefficient (Wildman–Crippen LogP) is 4.59. The minimum atomic E-state index is -0.137. The van der Waals surface area contributed by atoms with Crippen LogP contribution in [0.25, 0.3) is 0 Å². The van der Waals surface area contributed by atoms with Crippen LogP contribution in [0.3, 0.4) is 0 Å². The van der Waals surface area contributed by atoms with Crippen LogP contribution in [0.15, 0.2) is 59.1 Å². The van der Waals surface area contributed by atoms with Gasteiger partial charge in [-0.15, -0.1) is 11.8 Å². The van der Waals surface area contributed by atoms with Crippen LogP contribution in [0.5, 0.6) is 0 Å². The fourth-order valence-electron chi connectivity index (χ4n) is 4.27. The summed E-state index contributed by atoms with van der Waals surface area (Å²) in [6.07, 6.45) is 3.01. The van der Waals surface area contributed by atoms with Gasteiger partial charge in [0.1, 0.15) is 0 Å². The number of hydrogen-bond acceptors (Lipinski definition) is 3. The maximum atomic E-state index is 13.0. The lowest BCUT2D eigenvalue weighted by Crippen LogP contribution is -2.53. The average molecular weight is 473 g/mol. The maximum absolute atomic E-state index is 13.0. The molecule has 152 valence electrons. The van der Waals surface area contributed by atoms with Gasteiger partial charge in [-0.1, -0.05) is 52.3 Å². The summed E-state index contributed by atoms with van der Waals surface area (Å²) in [4.78, 5) is 29.7. The minimum Gasteiger partial charge on any atom is -0.338 e. The lowest BCUT2D eigenvalue weighted by molar-refractivity contribution is -0.134. The average Bonchev–Trinajstić information content (AvgIpc) is 3.16. The van der Waals surface area contributed by atoms with Crippen LogP contribution in [0.1, 0.15) is 35.2 Å². The first-order valence-electron chi connectivity index (χ1n) is 10.1. The molecular formula is C23H25BrN2O2S. The summed E-state index contributed by atoms with van der Waals surface area (Å²) >= 11 is 5.34. The monoisotopic (exact) mass is 472 g/mol. The van der Waals surface area contributed by atoms with Crippen LogP contribution in [0.2, 0.25) is 0 Å². The molecule has 0 atom stereocenters. The Kier molecular flexibility index (Phi) is 6.30. The van der Waals surface area contributed by atoms with Gasteiger partial charge in [-0.05, 0) is 43.0 Å². The standard InChI is InChI=1S/C23H25BrN2O2S/c24-20-8-4-7-19(17-20)22(28)25-13-11-23(12-14-25)26(15-16-29-23)21(27)10-9-18-5-2-1-3-6-18/h1-8,17H,9-16H2. The van der Waals surface area contributed by atoms with E-state index in [1.54, 1.807) is 0 Å². The Morgan fingerprint density at radius 1 is 1.00 bits per heavy atom. The molecule has 2 fully saturated rings. The Labute approximate surface area is 184 Å². The molecule has 0 N–H and O–H groups in total. The molecule has 2 heterocycles. The number of likely N-dealkylation sites (tertiary alicyclic amines) is 1. The summed E-state index contributed by atoms with van der Waals surface area (Å²) < 4.78 is 0.915. The van der Waals surface area contributed by atoms with Gasteiger partial charge < -0.3 is 9.80 Å². The second-order valence-corrected chi connectivity index (χ2v) is 10.0. The normalized spacial score (nSPS) is 18.2. The summed E-state index contributed by atoms with van der Waals surface area (Å²) in [5.74, 6) is 1.30. The Bertz CT molecular complexity index is 881. The number of halogens is 1. The second kappa shape index (κ2) is 8.92. The molecule has 2 aliphatic rings. The molecule has 2 aliphatic heterocycles. The Morgan fingerprint density at radius 3 is 2.48 bits per heavy atom. The summed E-state index contributed by atoms with van der Waals surface area (Å²) in [6, 6.07) is 17.7. The fourth-order valence-corrected chi connectivity index (χ4v) is 6.14. The van der Waals surface area contributed by atoms with E-state index in [2.05, 4.69) is 33.0 Å². The Morgan fingerprint density at radius 2 is 1.76 bits per heavy atom. The van der Waals surface area contributed by atoms with Gasteiger partial charge in [-0.3, -0.25) is 9.59 Å². The molecule has 6 heteroatoms. The first kappa shape index (κ1) is 20.5. The minimum absolute atomic E-state index is 0.0751. The molecule has 2 amide bonds. The zero-order valence-corrected chi connectivity index (χ0v) is 18.8. The number of amides is 2. The second-order valence-electron chi connectivity index (χ2n) is 7.63. The van der Waals surface area contributed by atoms with E-state index < -0.39 is 0 Å². The lowest BCUT2D eigenvalue weighted by atomic mass is 10.00. The Hall–Kier alpha value is -1.79. The molecule has 0 aliphatic carbocycles. The number of piperidine rings is 1. The number of thioether (sulfide) groups is 1. The highest BCUT2D eigenvalue weighted by Crippen LogP contribution is 2.44. The van der Waals surface area contributed by atoms with Gasteiger partial charge >= 0.3 is 0 Å². The molecule has 29 heavy (non-hydrogen) atoms. The van der Waals surface area contributed by atoms with Crippen molar-refractivity contribution in [2.45, 2.75) is 30.6 Å². The number of carbonyl (C=O) groups excluding carboxylic acids is 2. The third-order valence-corrected chi connectivity index (χ3v) is 7.90. The number of rotatable bonds is 4. The van der Waals surface area contributed by atoms with Crippen molar-refractivity contribution in [3.8, 4) is 0 Å². The summed E-state index contributed by atoms with van der Waals surface area (Å²) in [5, 5.41) is 0. The zero-order chi connectivity index (χ0) is 20.3. The van der Waals surface area contributed by atoms with Crippen molar-refractivity contribution in [3.63, 3.8) is 0 Å². The van der Waals surface area contributed by atoms with Crippen molar-refractivity contribution in [2.75, 3.05) is 25.4 Å². The van der Waals surface area contributed by atoms with Crippen LogP contribution in [-0.4, -0.2) is 51.9 Å². The van der Waals surface area contributed by atoms with Gasteiger partial charge in [0.2, 0.25) is 5.91 Å². The fraction of sp³-hybridized carbons (Fsp3) is 0.391. The first-order valence-corrected chi connectivity index (χ1v) is 11.9. The van der Waals surface area contributed by atoms with Crippen molar-refractivity contribution in [3.05, 3.63) is 70.2 Å². The molecule has 0 bridgehead atoms. The van der Waals surface area contributed by atoms with Gasteiger partial charge in [0, 0.05) is 41.8 Å². The van der Waals surface area contributed by atoms with E-state index in [1.165, 1.54) is 5.56 Å². The van der Waals surface area contributed by atoms with Crippen molar-refractivity contribution < 1.29 is 9.59 Å². The van der Waals surface area contributed by atoms with Gasteiger partial charge in [-0.2, -0.15) is 0 Å². The molecule has 4 nitrogen and oxygen atoms in total. The zero-order valence-electron chi connectivity index (χ0n) is 16.4. The van der Waals surface area contributed by atoms with Crippen LogP contribution in [0, 0.1) is 0 Å². The van der Waals surface area contributed by atoms with E-state index in [4.69, 9.17) is 0 Å². The predicted molar refractivity (Wildman–Crippen MR) is 121 cm³/mol.